The zero-order chi connectivity index (χ0) is 21.5. The Morgan fingerprint density at radius 3 is 2.20 bits per heavy atom. The zero-order valence-corrected chi connectivity index (χ0v) is 19.7. The molecule has 160 valence electrons. The van der Waals surface area contributed by atoms with Crippen LogP contribution in [0.1, 0.15) is 11.1 Å². The van der Waals surface area contributed by atoms with Crippen LogP contribution >= 0.6 is 22.7 Å². The maximum absolute atomic E-state index is 9.44. The van der Waals surface area contributed by atoms with E-state index in [1.807, 2.05) is 25.2 Å². The smallest absolute Gasteiger partial charge is 0.119 e. The Kier molecular flexibility index (Phi) is 8.10. The largest absolute Gasteiger partial charge is 0.508 e. The van der Waals surface area contributed by atoms with Crippen molar-refractivity contribution < 1.29 is 9.84 Å². The number of aromatic hydroxyl groups is 1. The molecule has 0 aliphatic rings. The van der Waals surface area contributed by atoms with Crippen molar-refractivity contribution in [3.8, 4) is 11.5 Å². The molecule has 2 heterocycles. The van der Waals surface area contributed by atoms with Gasteiger partial charge in [0.1, 0.15) is 11.5 Å². The number of nitrogens with zero attached hydrogens (tertiary/aromatic N) is 1. The predicted octanol–water partition coefficient (Wildman–Crippen LogP) is 5.38. The monoisotopic (exact) mass is 442 g/mol. The van der Waals surface area contributed by atoms with Crippen LogP contribution in [0.4, 0.5) is 0 Å². The zero-order valence-electron chi connectivity index (χ0n) is 18.1. The molecule has 4 nitrogen and oxygen atoms in total. The van der Waals surface area contributed by atoms with Crippen molar-refractivity contribution >= 4 is 42.8 Å². The second-order valence-electron chi connectivity index (χ2n) is 7.47. The molecular weight excluding hydrogens is 412 g/mol. The van der Waals surface area contributed by atoms with E-state index in [9.17, 15) is 5.11 Å². The molecule has 0 aliphatic heterocycles. The summed E-state index contributed by atoms with van der Waals surface area (Å²) in [5.41, 5.74) is 2.74. The van der Waals surface area contributed by atoms with Gasteiger partial charge in [0, 0.05) is 15.9 Å². The van der Waals surface area contributed by atoms with E-state index in [1.54, 1.807) is 35.8 Å². The molecule has 0 unspecified atom stereocenters. The fourth-order valence-corrected chi connectivity index (χ4v) is 5.20. The number of methoxy groups -OCH3 is 1. The van der Waals surface area contributed by atoms with Crippen molar-refractivity contribution in [2.45, 2.75) is 12.8 Å². The van der Waals surface area contributed by atoms with E-state index < -0.39 is 0 Å². The lowest BCUT2D eigenvalue weighted by atomic mass is 10.1. The van der Waals surface area contributed by atoms with Gasteiger partial charge in [0.2, 0.25) is 0 Å². The van der Waals surface area contributed by atoms with Crippen LogP contribution in [-0.2, 0) is 12.8 Å². The van der Waals surface area contributed by atoms with Crippen LogP contribution in [0.2, 0.25) is 0 Å². The van der Waals surface area contributed by atoms with Crippen molar-refractivity contribution in [3.05, 3.63) is 58.3 Å². The maximum atomic E-state index is 9.44. The van der Waals surface area contributed by atoms with Crippen molar-refractivity contribution in [2.75, 3.05) is 41.3 Å². The first kappa shape index (κ1) is 22.6. The SMILES string of the molecule is CN(C)CCc1csc2ccc(O)cc12.CNCCc1csc2ccc(OC)cc12. The third-order valence-corrected chi connectivity index (χ3v) is 7.00. The van der Waals surface area contributed by atoms with Crippen LogP contribution in [0.15, 0.2) is 47.2 Å². The topological polar surface area (TPSA) is 44.7 Å². The van der Waals surface area contributed by atoms with Crippen LogP contribution in [0, 0.1) is 0 Å². The highest BCUT2D eigenvalue weighted by Gasteiger charge is 2.06. The molecule has 0 saturated heterocycles. The fraction of sp³-hybridized carbons (Fsp3) is 0.333. The highest BCUT2D eigenvalue weighted by atomic mass is 32.1. The molecule has 0 aliphatic carbocycles. The summed E-state index contributed by atoms with van der Waals surface area (Å²) in [5.74, 6) is 1.29. The molecule has 0 amide bonds. The van der Waals surface area contributed by atoms with Crippen LogP contribution in [0.3, 0.4) is 0 Å². The number of rotatable bonds is 7. The number of likely N-dealkylation sites (N-methyl/N-ethyl adjacent to an activating group) is 2. The van der Waals surface area contributed by atoms with Gasteiger partial charge in [-0.15, -0.1) is 22.7 Å². The van der Waals surface area contributed by atoms with Gasteiger partial charge in [-0.1, -0.05) is 0 Å². The molecule has 2 N–H and O–H groups in total. The maximum Gasteiger partial charge on any atom is 0.119 e. The second-order valence-corrected chi connectivity index (χ2v) is 9.29. The summed E-state index contributed by atoms with van der Waals surface area (Å²) in [7, 11) is 7.84. The number of ether oxygens (including phenoxy) is 1. The van der Waals surface area contributed by atoms with Crippen molar-refractivity contribution in [1.29, 1.82) is 0 Å². The molecule has 2 aromatic carbocycles. The number of phenols is 1. The number of nitrogens with one attached hydrogen (secondary N) is 1. The summed E-state index contributed by atoms with van der Waals surface area (Å²) in [4.78, 5) is 2.17. The van der Waals surface area contributed by atoms with Gasteiger partial charge in [0.25, 0.3) is 0 Å². The average molecular weight is 443 g/mol. The summed E-state index contributed by atoms with van der Waals surface area (Å²) in [6.45, 7) is 2.06. The van der Waals surface area contributed by atoms with Gasteiger partial charge >= 0.3 is 0 Å². The second kappa shape index (κ2) is 10.8. The molecule has 0 radical (unpaired) electrons. The molecule has 4 aromatic rings. The Morgan fingerprint density at radius 2 is 1.57 bits per heavy atom. The van der Waals surface area contributed by atoms with E-state index in [1.165, 1.54) is 31.3 Å². The fourth-order valence-electron chi connectivity index (χ4n) is 3.25. The van der Waals surface area contributed by atoms with Gasteiger partial charge in [-0.3, -0.25) is 0 Å². The summed E-state index contributed by atoms with van der Waals surface area (Å²) < 4.78 is 7.83. The minimum Gasteiger partial charge on any atom is -0.508 e. The molecule has 30 heavy (non-hydrogen) atoms. The summed E-state index contributed by atoms with van der Waals surface area (Å²) in [6.07, 6.45) is 2.11. The van der Waals surface area contributed by atoms with Crippen molar-refractivity contribution in [1.82, 2.24) is 10.2 Å². The highest BCUT2D eigenvalue weighted by molar-refractivity contribution is 7.17. The lowest BCUT2D eigenvalue weighted by Crippen LogP contribution is -2.14. The first-order valence-electron chi connectivity index (χ1n) is 10.0. The average Bonchev–Trinajstić information content (AvgIpc) is 3.34. The van der Waals surface area contributed by atoms with E-state index in [-0.39, 0.29) is 0 Å². The van der Waals surface area contributed by atoms with Gasteiger partial charge < -0.3 is 20.1 Å². The minimum atomic E-state index is 0.354. The number of thiophene rings is 2. The molecule has 0 atom stereocenters. The summed E-state index contributed by atoms with van der Waals surface area (Å²) in [6, 6.07) is 11.8. The molecule has 0 fully saturated rings. The first-order chi connectivity index (χ1) is 14.5. The standard InChI is InChI=1S/2C12H15NOS/c1-13-6-5-9-8-15-12-4-3-10(14-2)7-11(9)12;1-13(2)6-5-9-8-15-12-4-3-10(14)7-11(9)12/h3-4,7-8,13H,5-6H2,1-2H3;3-4,7-8,14H,5-6H2,1-2H3. The van der Waals surface area contributed by atoms with E-state index in [0.717, 1.165) is 31.7 Å². The molecule has 6 heteroatoms. The van der Waals surface area contributed by atoms with Gasteiger partial charge in [0.15, 0.2) is 0 Å². The summed E-state index contributed by atoms with van der Waals surface area (Å²) >= 11 is 3.54. The molecule has 0 spiro atoms. The van der Waals surface area contributed by atoms with Gasteiger partial charge in [-0.25, -0.2) is 0 Å². The third kappa shape index (κ3) is 5.73. The van der Waals surface area contributed by atoms with Gasteiger partial charge in [0.05, 0.1) is 7.11 Å². The van der Waals surface area contributed by atoms with E-state index in [2.05, 4.69) is 47.2 Å². The van der Waals surface area contributed by atoms with Crippen LogP contribution < -0.4 is 10.1 Å². The van der Waals surface area contributed by atoms with Crippen molar-refractivity contribution in [3.63, 3.8) is 0 Å². The number of hydrogen-bond acceptors (Lipinski definition) is 6. The molecule has 2 aromatic heterocycles. The minimum absolute atomic E-state index is 0.354. The Balaban J connectivity index is 0.000000171. The van der Waals surface area contributed by atoms with E-state index in [0.29, 0.717) is 5.75 Å². The first-order valence-corrected chi connectivity index (χ1v) is 11.8. The lowest BCUT2D eigenvalue weighted by Gasteiger charge is -2.08. The van der Waals surface area contributed by atoms with Crippen molar-refractivity contribution in [2.24, 2.45) is 0 Å². The number of hydrogen-bond donors (Lipinski definition) is 2. The van der Waals surface area contributed by atoms with Crippen LogP contribution in [-0.4, -0.2) is 51.3 Å². The summed E-state index contributed by atoms with van der Waals surface area (Å²) in [5, 5.41) is 19.6. The Bertz CT molecular complexity index is 1080. The normalized spacial score (nSPS) is 11.1. The van der Waals surface area contributed by atoms with Gasteiger partial charge in [-0.05, 0) is 110 Å². The van der Waals surface area contributed by atoms with Gasteiger partial charge in [-0.2, -0.15) is 0 Å². The number of phenolic OH excluding ortho intramolecular Hbond substituents is 1. The lowest BCUT2D eigenvalue weighted by molar-refractivity contribution is 0.414. The quantitative estimate of drug-likeness (QED) is 0.403. The number of benzene rings is 2. The third-order valence-electron chi connectivity index (χ3n) is 4.97. The van der Waals surface area contributed by atoms with Crippen LogP contribution in [0.25, 0.3) is 20.2 Å². The number of fused-ring (bicyclic) bond motifs is 2. The Labute approximate surface area is 186 Å². The Hall–Kier alpha value is -2.12. The molecule has 0 saturated carbocycles. The molecular formula is C24H30N2O2S2. The predicted molar refractivity (Wildman–Crippen MR) is 132 cm³/mol. The highest BCUT2D eigenvalue weighted by Crippen LogP contribution is 2.30. The molecule has 0 bridgehead atoms. The molecule has 4 rings (SSSR count). The van der Waals surface area contributed by atoms with E-state index in [4.69, 9.17) is 4.74 Å². The van der Waals surface area contributed by atoms with Crippen LogP contribution in [0.5, 0.6) is 11.5 Å². The van der Waals surface area contributed by atoms with E-state index >= 15 is 0 Å². The Morgan fingerprint density at radius 1 is 0.933 bits per heavy atom.